The Morgan fingerprint density at radius 2 is 1.85 bits per heavy atom. The fourth-order valence-electron chi connectivity index (χ4n) is 6.44. The summed E-state index contributed by atoms with van der Waals surface area (Å²) in [6.45, 7) is 4.81. The van der Waals surface area contributed by atoms with Crippen molar-refractivity contribution in [3.05, 3.63) is 54.4 Å². The lowest BCUT2D eigenvalue weighted by atomic mass is 10.0. The van der Waals surface area contributed by atoms with Crippen LogP contribution in [0.3, 0.4) is 0 Å². The van der Waals surface area contributed by atoms with Gasteiger partial charge in [-0.3, -0.25) is 14.5 Å². The van der Waals surface area contributed by atoms with Gasteiger partial charge in [0.15, 0.2) is 11.9 Å². The zero-order valence-corrected chi connectivity index (χ0v) is 26.1. The fraction of sp³-hybridized carbons (Fsp3) is 0.455. The zero-order chi connectivity index (χ0) is 33.3. The number of hydrogen-bond acceptors (Lipinski definition) is 11. The summed E-state index contributed by atoms with van der Waals surface area (Å²) in [6.07, 6.45) is 0.172. The van der Waals surface area contributed by atoms with E-state index in [9.17, 15) is 14.9 Å². The van der Waals surface area contributed by atoms with Crippen LogP contribution in [0.15, 0.2) is 48.8 Å². The first-order chi connectivity index (χ1) is 23.3. The van der Waals surface area contributed by atoms with E-state index < -0.39 is 30.5 Å². The molecule has 4 fully saturated rings. The summed E-state index contributed by atoms with van der Waals surface area (Å²) in [5.74, 6) is -3.55. The minimum atomic E-state index is -3.37. The minimum absolute atomic E-state index is 0.000259. The summed E-state index contributed by atoms with van der Waals surface area (Å²) in [4.78, 5) is 43.1. The van der Waals surface area contributed by atoms with E-state index in [1.807, 2.05) is 18.2 Å². The largest absolute Gasteiger partial charge is 0.483 e. The van der Waals surface area contributed by atoms with Crippen LogP contribution in [0.4, 0.5) is 26.1 Å². The van der Waals surface area contributed by atoms with Crippen LogP contribution in [-0.2, 0) is 14.3 Å². The fourth-order valence-corrected chi connectivity index (χ4v) is 6.44. The van der Waals surface area contributed by atoms with E-state index in [0.717, 1.165) is 55.7 Å². The Bertz CT molecular complexity index is 1710. The van der Waals surface area contributed by atoms with Crippen molar-refractivity contribution in [3.8, 4) is 23.2 Å². The summed E-state index contributed by atoms with van der Waals surface area (Å²) in [5, 5.41) is 15.6. The molecule has 5 heterocycles. The van der Waals surface area contributed by atoms with E-state index in [1.165, 1.54) is 18.5 Å². The highest BCUT2D eigenvalue weighted by Gasteiger charge is 2.49. The molecule has 3 aromatic rings. The summed E-state index contributed by atoms with van der Waals surface area (Å²) in [5.41, 5.74) is 2.47. The average Bonchev–Trinajstić information content (AvgIpc) is 3.51. The molecule has 13 nitrogen and oxygen atoms in total. The highest BCUT2D eigenvalue weighted by molar-refractivity contribution is 5.91. The first kappa shape index (κ1) is 31.6. The molecule has 4 saturated heterocycles. The SMILES string of the molecule is N#Cc1cc(-c2ncnc(Nc3ccc(N4CCN(C5COC5)CC4)cc3)n2)ccc1OC1CCN(C(=O)[C@@H]2CCC(=O)N2)CC1(F)F. The topological polar surface area (TPSA) is 149 Å². The highest BCUT2D eigenvalue weighted by atomic mass is 19.3. The van der Waals surface area contributed by atoms with E-state index in [4.69, 9.17) is 9.47 Å². The lowest BCUT2D eigenvalue weighted by molar-refractivity contribution is -0.161. The molecule has 2 amide bonds. The Hall–Kier alpha value is -4.94. The van der Waals surface area contributed by atoms with Gasteiger partial charge in [-0.1, -0.05) is 0 Å². The molecule has 15 heteroatoms. The molecule has 4 aliphatic rings. The van der Waals surface area contributed by atoms with Crippen molar-refractivity contribution in [2.24, 2.45) is 0 Å². The highest BCUT2D eigenvalue weighted by Crippen LogP contribution is 2.34. The van der Waals surface area contributed by atoms with Gasteiger partial charge in [-0.2, -0.15) is 10.2 Å². The van der Waals surface area contributed by atoms with Crippen LogP contribution < -0.4 is 20.3 Å². The normalized spacial score (nSPS) is 22.8. The molecular weight excluding hydrogens is 624 g/mol. The third-order valence-corrected chi connectivity index (χ3v) is 9.28. The van der Waals surface area contributed by atoms with Crippen molar-refractivity contribution in [3.63, 3.8) is 0 Å². The molecule has 1 unspecified atom stereocenters. The van der Waals surface area contributed by atoms with Gasteiger partial charge in [-0.25, -0.2) is 18.7 Å². The van der Waals surface area contributed by atoms with Gasteiger partial charge in [0.2, 0.25) is 17.8 Å². The number of nitrogens with one attached hydrogen (secondary N) is 2. The molecule has 2 N–H and O–H groups in total. The van der Waals surface area contributed by atoms with Gasteiger partial charge in [-0.15, -0.1) is 0 Å². The predicted octanol–water partition coefficient (Wildman–Crippen LogP) is 2.57. The number of piperidine rings is 1. The van der Waals surface area contributed by atoms with E-state index >= 15 is 8.78 Å². The lowest BCUT2D eigenvalue weighted by Crippen LogP contribution is -2.58. The zero-order valence-electron chi connectivity index (χ0n) is 26.1. The van der Waals surface area contributed by atoms with Crippen LogP contribution >= 0.6 is 0 Å². The van der Waals surface area contributed by atoms with E-state index in [1.54, 1.807) is 6.07 Å². The molecule has 0 saturated carbocycles. The van der Waals surface area contributed by atoms with Crippen molar-refractivity contribution in [1.82, 2.24) is 30.1 Å². The molecule has 0 spiro atoms. The molecule has 2 aromatic carbocycles. The number of piperazine rings is 1. The number of amides is 2. The first-order valence-electron chi connectivity index (χ1n) is 16.1. The van der Waals surface area contributed by atoms with Crippen molar-refractivity contribution >= 4 is 29.1 Å². The number of halogens is 2. The standard InChI is InChI=1S/C33H35F2N9O4/c34-33(35)19-44(31(46)26-6-8-29(45)40-26)10-9-28(33)48-27-7-1-21(15-22(27)16-36)30-37-20-38-32(41-30)39-23-2-4-24(5-3-23)42-11-13-43(14-12-42)25-17-47-18-25/h1-5,7,15,20,25-26,28H,6,8-14,17-19H2,(H,40,45)(H,37,38,39,41)/t26-,28?/m0/s1. The predicted molar refractivity (Wildman–Crippen MR) is 170 cm³/mol. The second-order valence-electron chi connectivity index (χ2n) is 12.4. The number of rotatable bonds is 8. The van der Waals surface area contributed by atoms with Crippen LogP contribution in [0.1, 0.15) is 24.8 Å². The maximum atomic E-state index is 15.2. The number of carbonyl (C=O) groups excluding carboxylic acids is 2. The maximum absolute atomic E-state index is 15.2. The molecule has 250 valence electrons. The Kier molecular flexibility index (Phi) is 8.76. The van der Waals surface area contributed by atoms with Crippen LogP contribution in [0.5, 0.6) is 5.75 Å². The maximum Gasteiger partial charge on any atom is 0.301 e. The third kappa shape index (κ3) is 6.71. The van der Waals surface area contributed by atoms with Crippen molar-refractivity contribution in [2.75, 3.05) is 62.7 Å². The van der Waals surface area contributed by atoms with Crippen molar-refractivity contribution in [1.29, 1.82) is 5.26 Å². The van der Waals surface area contributed by atoms with E-state index in [-0.39, 0.29) is 42.4 Å². The molecule has 1 aromatic heterocycles. The Balaban J connectivity index is 0.972. The van der Waals surface area contributed by atoms with Gasteiger partial charge >= 0.3 is 5.92 Å². The lowest BCUT2D eigenvalue weighted by Gasteiger charge is -2.43. The van der Waals surface area contributed by atoms with Gasteiger partial charge < -0.3 is 29.9 Å². The van der Waals surface area contributed by atoms with Crippen LogP contribution in [0, 0.1) is 11.3 Å². The number of nitrogens with zero attached hydrogens (tertiary/aromatic N) is 7. The van der Waals surface area contributed by atoms with Gasteiger partial charge in [0.1, 0.15) is 24.2 Å². The minimum Gasteiger partial charge on any atom is -0.483 e. The summed E-state index contributed by atoms with van der Waals surface area (Å²) >= 11 is 0. The van der Waals surface area contributed by atoms with Crippen molar-refractivity contribution in [2.45, 2.75) is 43.4 Å². The quantitative estimate of drug-likeness (QED) is 0.368. The molecule has 0 bridgehead atoms. The van der Waals surface area contributed by atoms with E-state index in [2.05, 4.69) is 47.5 Å². The van der Waals surface area contributed by atoms with Crippen LogP contribution in [-0.4, -0.2) is 113 Å². The molecule has 0 aliphatic carbocycles. The Morgan fingerprint density at radius 3 is 2.52 bits per heavy atom. The molecular formula is C33H35F2N9O4. The molecule has 0 radical (unpaired) electrons. The number of alkyl halides is 2. The number of benzene rings is 2. The molecule has 7 rings (SSSR count). The van der Waals surface area contributed by atoms with Gasteiger partial charge in [0.05, 0.1) is 31.4 Å². The van der Waals surface area contributed by atoms with Crippen LogP contribution in [0.2, 0.25) is 0 Å². The number of nitriles is 1. The monoisotopic (exact) mass is 659 g/mol. The number of anilines is 3. The number of aromatic nitrogens is 3. The van der Waals surface area contributed by atoms with Crippen LogP contribution in [0.25, 0.3) is 11.4 Å². The summed E-state index contributed by atoms with van der Waals surface area (Å²) < 4.78 is 41.4. The van der Waals surface area contributed by atoms with Gasteiger partial charge in [-0.05, 0) is 48.9 Å². The summed E-state index contributed by atoms with van der Waals surface area (Å²) in [6, 6.07) is 14.4. The average molecular weight is 660 g/mol. The second-order valence-corrected chi connectivity index (χ2v) is 12.4. The third-order valence-electron chi connectivity index (χ3n) is 9.28. The van der Waals surface area contributed by atoms with E-state index in [0.29, 0.717) is 24.0 Å². The molecule has 4 aliphatic heterocycles. The smallest absolute Gasteiger partial charge is 0.301 e. The van der Waals surface area contributed by atoms with Crippen molar-refractivity contribution < 1.29 is 27.8 Å². The Labute approximate surface area is 275 Å². The number of ether oxygens (including phenoxy) is 2. The first-order valence-corrected chi connectivity index (χ1v) is 16.1. The van der Waals surface area contributed by atoms with Gasteiger partial charge in [0.25, 0.3) is 0 Å². The molecule has 48 heavy (non-hydrogen) atoms. The molecule has 2 atom stereocenters. The number of likely N-dealkylation sites (tertiary alicyclic amines) is 1. The second kappa shape index (κ2) is 13.3. The Morgan fingerprint density at radius 1 is 1.06 bits per heavy atom. The van der Waals surface area contributed by atoms with Gasteiger partial charge in [0, 0.05) is 62.5 Å². The summed E-state index contributed by atoms with van der Waals surface area (Å²) in [7, 11) is 0. The number of hydrogen-bond donors (Lipinski definition) is 2. The number of carbonyl (C=O) groups is 2.